The Morgan fingerprint density at radius 3 is 2.38 bits per heavy atom. The number of aliphatic hydroxyl groups excluding tert-OH is 1. The molecule has 0 radical (unpaired) electrons. The van der Waals surface area contributed by atoms with Gasteiger partial charge < -0.3 is 25.2 Å². The van der Waals surface area contributed by atoms with Gasteiger partial charge in [0.15, 0.2) is 5.78 Å². The Morgan fingerprint density at radius 1 is 0.897 bits per heavy atom. The van der Waals surface area contributed by atoms with Gasteiger partial charge in [-0.1, -0.05) is 92.2 Å². The van der Waals surface area contributed by atoms with Crippen LogP contribution in [0.4, 0.5) is 14.9 Å². The van der Waals surface area contributed by atoms with E-state index in [4.69, 9.17) is 16.3 Å². The number of nitrogens with one attached hydrogen (secondary N) is 1. The first-order valence-corrected chi connectivity index (χ1v) is 21.1. The molecular formula is C49H52ClFN2O5. The minimum atomic E-state index is -1.30. The standard InChI is InChI=1S/C49H52ClFN2O5/c1-45-21-18-34(54)27-47(45)24-25-49(38(28-47)41(55)26-37-39(50)12-7-13-40(37)51)42(45)19-22-46(2)43(49)20-23-48(46,57)30-53(44(56)52-33-14-16-35(58-3)17-15-33)29-32-10-6-9-31-8-4-5-11-36(31)32/h4-17,24-25,28,34,42-43,54,57H,18-23,26-27,29-30H2,1-3H3,(H,52,56). The van der Waals surface area contributed by atoms with Crippen LogP contribution in [0.1, 0.15) is 69.9 Å². The maximum absolute atomic E-state index is 15.3. The SMILES string of the molecule is COc1ccc(NC(=O)N(Cc2cccc3ccccc23)CC2(O)CCC3C45C=CC6(C=C4C(=O)Cc4c(F)cccc4Cl)CC(O)CCC6(C)C5CCC32C)cc1. The summed E-state index contributed by atoms with van der Waals surface area (Å²) in [7, 11) is 1.60. The summed E-state index contributed by atoms with van der Waals surface area (Å²) < 4.78 is 20.6. The summed E-state index contributed by atoms with van der Waals surface area (Å²) in [5.74, 6) is -0.0656. The fraction of sp³-hybridized carbons (Fsp3) is 0.429. The van der Waals surface area contributed by atoms with Crippen molar-refractivity contribution in [1.29, 1.82) is 0 Å². The van der Waals surface area contributed by atoms with Gasteiger partial charge in [0.25, 0.3) is 0 Å². The van der Waals surface area contributed by atoms with Gasteiger partial charge in [-0.25, -0.2) is 9.18 Å². The molecule has 0 aromatic heterocycles. The topological polar surface area (TPSA) is 99.1 Å². The summed E-state index contributed by atoms with van der Waals surface area (Å²) in [6.45, 7) is 4.86. The number of carbonyl (C=O) groups excluding carboxylic acids is 2. The van der Waals surface area contributed by atoms with E-state index in [2.05, 4.69) is 55.6 Å². The van der Waals surface area contributed by atoms with E-state index in [-0.39, 0.29) is 59.2 Å². The number of rotatable bonds is 9. The zero-order chi connectivity index (χ0) is 40.7. The van der Waals surface area contributed by atoms with E-state index in [0.717, 1.165) is 29.2 Å². The minimum Gasteiger partial charge on any atom is -0.497 e. The zero-order valence-corrected chi connectivity index (χ0v) is 34.2. The van der Waals surface area contributed by atoms with E-state index in [9.17, 15) is 19.8 Å². The highest BCUT2D eigenvalue weighted by molar-refractivity contribution is 6.31. The molecule has 4 aromatic carbocycles. The van der Waals surface area contributed by atoms with Gasteiger partial charge in [0, 0.05) is 51.1 Å². The van der Waals surface area contributed by atoms with Gasteiger partial charge >= 0.3 is 6.03 Å². The van der Waals surface area contributed by atoms with Crippen LogP contribution in [0, 0.1) is 39.3 Å². The number of ether oxygens (including phenoxy) is 1. The maximum atomic E-state index is 15.3. The number of halogens is 2. The Balaban J connectivity index is 1.11. The lowest BCUT2D eigenvalue weighted by Gasteiger charge is -2.71. The molecule has 3 saturated carbocycles. The van der Waals surface area contributed by atoms with Gasteiger partial charge in [0.2, 0.25) is 0 Å². The third-order valence-corrected chi connectivity index (χ3v) is 16.1. The van der Waals surface area contributed by atoms with Gasteiger partial charge in [-0.15, -0.1) is 0 Å². The van der Waals surface area contributed by atoms with Gasteiger partial charge in [0.1, 0.15) is 11.6 Å². The summed E-state index contributed by atoms with van der Waals surface area (Å²) in [5, 5.41) is 29.8. The van der Waals surface area contributed by atoms with E-state index in [1.54, 1.807) is 48.4 Å². The molecule has 2 bridgehead atoms. The second kappa shape index (κ2) is 14.1. The number of ketones is 1. The molecule has 4 aromatic rings. The summed E-state index contributed by atoms with van der Waals surface area (Å²) in [4.78, 5) is 31.1. The van der Waals surface area contributed by atoms with Crippen molar-refractivity contribution in [3.05, 3.63) is 131 Å². The molecule has 302 valence electrons. The molecule has 0 heterocycles. The Kier molecular flexibility index (Phi) is 9.45. The fourth-order valence-corrected chi connectivity index (χ4v) is 12.9. The first kappa shape index (κ1) is 39.0. The lowest BCUT2D eigenvalue weighted by Crippen LogP contribution is -2.67. The predicted octanol–water partition coefficient (Wildman–Crippen LogP) is 10.1. The number of hydrogen-bond donors (Lipinski definition) is 3. The highest BCUT2D eigenvalue weighted by Gasteiger charge is 2.74. The number of aliphatic hydroxyl groups is 2. The smallest absolute Gasteiger partial charge is 0.322 e. The number of fused-ring (bicyclic) bond motifs is 2. The zero-order valence-electron chi connectivity index (χ0n) is 33.4. The summed E-state index contributed by atoms with van der Waals surface area (Å²) in [6, 6.07) is 25.6. The average molecular weight is 803 g/mol. The van der Waals surface area contributed by atoms with E-state index >= 15 is 4.39 Å². The minimum absolute atomic E-state index is 0.0723. The number of Topliss-reactive ketones (excluding diaryl/α,β-unsaturated/α-hetero) is 1. The molecule has 0 aliphatic heterocycles. The summed E-state index contributed by atoms with van der Waals surface area (Å²) in [6.07, 6.45) is 10.6. The number of allylic oxidation sites excluding steroid dienone is 4. The highest BCUT2D eigenvalue weighted by Crippen LogP contribution is 2.78. The Hall–Kier alpha value is -4.50. The molecule has 6 aliphatic carbocycles. The normalized spacial score (nSPS) is 33.2. The van der Waals surface area contributed by atoms with Gasteiger partial charge in [-0.05, 0) is 115 Å². The van der Waals surface area contributed by atoms with E-state index in [1.807, 2.05) is 24.3 Å². The van der Waals surface area contributed by atoms with Crippen LogP contribution in [0.2, 0.25) is 5.02 Å². The molecule has 10 rings (SSSR count). The number of methoxy groups -OCH3 is 1. The van der Waals surface area contributed by atoms with Crippen molar-refractivity contribution >= 4 is 39.9 Å². The first-order chi connectivity index (χ1) is 27.8. The lowest BCUT2D eigenvalue weighted by molar-refractivity contribution is -0.177. The quantitative estimate of drug-likeness (QED) is 0.146. The van der Waals surface area contributed by atoms with Crippen molar-refractivity contribution in [1.82, 2.24) is 4.90 Å². The van der Waals surface area contributed by atoms with Crippen LogP contribution in [0.5, 0.6) is 5.75 Å². The van der Waals surface area contributed by atoms with Crippen molar-refractivity contribution < 1.29 is 28.9 Å². The number of benzene rings is 4. The molecule has 3 fully saturated rings. The number of anilines is 1. The van der Waals surface area contributed by atoms with Crippen molar-refractivity contribution in [2.75, 3.05) is 19.0 Å². The van der Waals surface area contributed by atoms with Crippen LogP contribution >= 0.6 is 11.6 Å². The summed E-state index contributed by atoms with van der Waals surface area (Å²) >= 11 is 6.52. The third kappa shape index (κ3) is 5.80. The average Bonchev–Trinajstić information content (AvgIpc) is 3.49. The first-order valence-electron chi connectivity index (χ1n) is 20.7. The number of urea groups is 1. The van der Waals surface area contributed by atoms with Crippen LogP contribution < -0.4 is 10.1 Å². The molecule has 7 nitrogen and oxygen atoms in total. The van der Waals surface area contributed by atoms with Crippen molar-refractivity contribution in [2.45, 2.75) is 83.5 Å². The molecule has 8 atom stereocenters. The van der Waals surface area contributed by atoms with Crippen LogP contribution in [0.15, 0.2) is 109 Å². The summed E-state index contributed by atoms with van der Waals surface area (Å²) in [5.41, 5.74) is -1.02. The molecule has 58 heavy (non-hydrogen) atoms. The molecular weight excluding hydrogens is 751 g/mol. The van der Waals surface area contributed by atoms with Crippen molar-refractivity contribution in [2.24, 2.45) is 33.5 Å². The molecule has 0 saturated heterocycles. The van der Waals surface area contributed by atoms with Crippen LogP contribution in [0.25, 0.3) is 10.8 Å². The maximum Gasteiger partial charge on any atom is 0.322 e. The van der Waals surface area contributed by atoms with Crippen molar-refractivity contribution in [3.8, 4) is 5.75 Å². The molecule has 2 amide bonds. The predicted molar refractivity (Wildman–Crippen MR) is 225 cm³/mol. The Morgan fingerprint density at radius 2 is 1.60 bits per heavy atom. The molecule has 2 spiro atoms. The van der Waals surface area contributed by atoms with E-state index in [1.165, 1.54) is 6.07 Å². The second-order valence-corrected chi connectivity index (χ2v) is 18.7. The van der Waals surface area contributed by atoms with Crippen molar-refractivity contribution in [3.63, 3.8) is 0 Å². The van der Waals surface area contributed by atoms with Crippen LogP contribution in [0.3, 0.4) is 0 Å². The van der Waals surface area contributed by atoms with Gasteiger partial charge in [-0.2, -0.15) is 0 Å². The third-order valence-electron chi connectivity index (χ3n) is 15.7. The Labute approximate surface area is 344 Å². The number of nitrogens with zero attached hydrogens (tertiary/aromatic N) is 1. The monoisotopic (exact) mass is 802 g/mol. The van der Waals surface area contributed by atoms with E-state index < -0.39 is 33.8 Å². The lowest BCUT2D eigenvalue weighted by atomic mass is 9.32. The molecule has 8 unspecified atom stereocenters. The van der Waals surface area contributed by atoms with E-state index in [0.29, 0.717) is 49.1 Å². The second-order valence-electron chi connectivity index (χ2n) is 18.3. The number of amides is 2. The Bertz CT molecular complexity index is 2340. The number of carbonyl (C=O) groups is 2. The van der Waals surface area contributed by atoms with Crippen LogP contribution in [-0.4, -0.2) is 52.3 Å². The van der Waals surface area contributed by atoms with Gasteiger partial charge in [-0.3, -0.25) is 4.79 Å². The number of hydrogen-bond acceptors (Lipinski definition) is 5. The van der Waals surface area contributed by atoms with Gasteiger partial charge in [0.05, 0.1) is 25.4 Å². The highest BCUT2D eigenvalue weighted by atomic mass is 35.5. The molecule has 6 aliphatic rings. The fourth-order valence-electron chi connectivity index (χ4n) is 12.6. The molecule has 3 N–H and O–H groups in total. The molecule has 9 heteroatoms. The largest absolute Gasteiger partial charge is 0.497 e. The van der Waals surface area contributed by atoms with Crippen LogP contribution in [-0.2, 0) is 17.8 Å².